The highest BCUT2D eigenvalue weighted by Crippen LogP contribution is 2.29. The van der Waals surface area contributed by atoms with Gasteiger partial charge in [0.05, 0.1) is 12.7 Å². The maximum Gasteiger partial charge on any atom is 0.262 e. The fraction of sp³-hybridized carbons (Fsp3) is 0.0667. The van der Waals surface area contributed by atoms with Gasteiger partial charge in [0.2, 0.25) is 5.82 Å². The van der Waals surface area contributed by atoms with Gasteiger partial charge in [0.15, 0.2) is 0 Å². The SMILES string of the molecule is COc1ccccc1-c1nc(-c2cccc(N)c2)no1. The topological polar surface area (TPSA) is 74.2 Å². The highest BCUT2D eigenvalue weighted by molar-refractivity contribution is 5.66. The van der Waals surface area contributed by atoms with Crippen LogP contribution in [0.25, 0.3) is 22.8 Å². The molecule has 0 aliphatic carbocycles. The number of nitrogens with two attached hydrogens (primary N) is 1. The summed E-state index contributed by atoms with van der Waals surface area (Å²) in [6, 6.07) is 14.8. The lowest BCUT2D eigenvalue weighted by Crippen LogP contribution is -1.88. The standard InChI is InChI=1S/C15H13N3O2/c1-19-13-8-3-2-7-12(13)15-17-14(18-20-15)10-5-4-6-11(16)9-10/h2-9H,16H2,1H3. The fourth-order valence-electron chi connectivity index (χ4n) is 1.95. The molecular formula is C15H13N3O2. The Bertz CT molecular complexity index is 737. The van der Waals surface area contributed by atoms with Crippen LogP contribution in [0.1, 0.15) is 0 Å². The molecule has 20 heavy (non-hydrogen) atoms. The van der Waals surface area contributed by atoms with Gasteiger partial charge in [0, 0.05) is 11.3 Å². The number of benzene rings is 2. The molecule has 0 bridgehead atoms. The van der Waals surface area contributed by atoms with Crippen LogP contribution in [0.15, 0.2) is 53.1 Å². The fourth-order valence-corrected chi connectivity index (χ4v) is 1.95. The van der Waals surface area contributed by atoms with Crippen LogP contribution in [-0.2, 0) is 0 Å². The number of methoxy groups -OCH3 is 1. The lowest BCUT2D eigenvalue weighted by atomic mass is 10.2. The number of para-hydroxylation sites is 1. The summed E-state index contributed by atoms with van der Waals surface area (Å²) >= 11 is 0. The highest BCUT2D eigenvalue weighted by Gasteiger charge is 2.14. The van der Waals surface area contributed by atoms with E-state index in [-0.39, 0.29) is 0 Å². The molecule has 100 valence electrons. The maximum atomic E-state index is 5.75. The molecule has 3 rings (SSSR count). The van der Waals surface area contributed by atoms with Gasteiger partial charge in [-0.1, -0.05) is 29.4 Å². The Balaban J connectivity index is 2.02. The molecule has 3 aromatic rings. The predicted molar refractivity (Wildman–Crippen MR) is 76.1 cm³/mol. The second-order valence-electron chi connectivity index (χ2n) is 4.25. The van der Waals surface area contributed by atoms with Crippen molar-refractivity contribution in [3.63, 3.8) is 0 Å². The Labute approximate surface area is 116 Å². The molecule has 0 saturated heterocycles. The smallest absolute Gasteiger partial charge is 0.262 e. The van der Waals surface area contributed by atoms with Crippen LogP contribution < -0.4 is 10.5 Å². The van der Waals surface area contributed by atoms with E-state index in [1.54, 1.807) is 13.2 Å². The van der Waals surface area contributed by atoms with Crippen LogP contribution in [0.4, 0.5) is 5.69 Å². The molecule has 5 nitrogen and oxygen atoms in total. The number of ether oxygens (including phenoxy) is 1. The minimum atomic E-state index is 0.417. The van der Waals surface area contributed by atoms with Crippen LogP contribution in [-0.4, -0.2) is 17.3 Å². The first-order valence-electron chi connectivity index (χ1n) is 6.11. The summed E-state index contributed by atoms with van der Waals surface area (Å²) in [6.45, 7) is 0. The van der Waals surface area contributed by atoms with Crippen molar-refractivity contribution < 1.29 is 9.26 Å². The van der Waals surface area contributed by atoms with Crippen molar-refractivity contribution in [1.29, 1.82) is 0 Å². The van der Waals surface area contributed by atoms with E-state index < -0.39 is 0 Å². The third kappa shape index (κ3) is 2.21. The number of nitrogen functional groups attached to an aromatic ring is 1. The van der Waals surface area contributed by atoms with Gasteiger partial charge in [0.1, 0.15) is 5.75 Å². The molecule has 0 atom stereocenters. The molecule has 0 aliphatic rings. The number of hydrogen-bond donors (Lipinski definition) is 1. The average molecular weight is 267 g/mol. The molecule has 0 amide bonds. The molecule has 0 unspecified atom stereocenters. The molecule has 1 heterocycles. The summed E-state index contributed by atoms with van der Waals surface area (Å²) in [4.78, 5) is 4.39. The number of rotatable bonds is 3. The summed E-state index contributed by atoms with van der Waals surface area (Å²) in [7, 11) is 1.61. The normalized spacial score (nSPS) is 10.4. The molecule has 2 N–H and O–H groups in total. The number of hydrogen-bond acceptors (Lipinski definition) is 5. The monoisotopic (exact) mass is 267 g/mol. The van der Waals surface area contributed by atoms with E-state index in [1.165, 1.54) is 0 Å². The van der Waals surface area contributed by atoms with E-state index in [1.807, 2.05) is 42.5 Å². The van der Waals surface area contributed by atoms with Gasteiger partial charge < -0.3 is 15.0 Å². The second kappa shape index (κ2) is 5.05. The second-order valence-corrected chi connectivity index (χ2v) is 4.25. The molecular weight excluding hydrogens is 254 g/mol. The van der Waals surface area contributed by atoms with E-state index in [4.69, 9.17) is 15.0 Å². The molecule has 0 fully saturated rings. The highest BCUT2D eigenvalue weighted by atomic mass is 16.5. The molecule has 0 spiro atoms. The maximum absolute atomic E-state index is 5.75. The van der Waals surface area contributed by atoms with E-state index in [2.05, 4.69) is 10.1 Å². The molecule has 0 radical (unpaired) electrons. The van der Waals surface area contributed by atoms with Crippen LogP contribution in [0.2, 0.25) is 0 Å². The van der Waals surface area contributed by atoms with Gasteiger partial charge in [-0.3, -0.25) is 0 Å². The first-order valence-corrected chi connectivity index (χ1v) is 6.11. The molecule has 5 heteroatoms. The number of aromatic nitrogens is 2. The average Bonchev–Trinajstić information content (AvgIpc) is 2.97. The molecule has 0 aliphatic heterocycles. The van der Waals surface area contributed by atoms with Crippen LogP contribution in [0.5, 0.6) is 5.75 Å². The largest absolute Gasteiger partial charge is 0.496 e. The minimum absolute atomic E-state index is 0.417. The van der Waals surface area contributed by atoms with E-state index in [0.717, 1.165) is 11.1 Å². The predicted octanol–water partition coefficient (Wildman–Crippen LogP) is 2.99. The third-order valence-electron chi connectivity index (χ3n) is 2.91. The zero-order valence-corrected chi connectivity index (χ0v) is 10.9. The molecule has 0 saturated carbocycles. The summed E-state index contributed by atoms with van der Waals surface area (Å²) in [6.07, 6.45) is 0. The van der Waals surface area contributed by atoms with Crippen LogP contribution >= 0.6 is 0 Å². The Kier molecular flexibility index (Phi) is 3.09. The Morgan fingerprint density at radius 1 is 1.10 bits per heavy atom. The van der Waals surface area contributed by atoms with E-state index in [0.29, 0.717) is 23.2 Å². The Hall–Kier alpha value is -2.82. The van der Waals surface area contributed by atoms with Crippen molar-refractivity contribution in [3.05, 3.63) is 48.5 Å². The van der Waals surface area contributed by atoms with Gasteiger partial charge in [-0.15, -0.1) is 0 Å². The zero-order valence-electron chi connectivity index (χ0n) is 10.9. The van der Waals surface area contributed by atoms with Crippen LogP contribution in [0, 0.1) is 0 Å². The van der Waals surface area contributed by atoms with E-state index in [9.17, 15) is 0 Å². The van der Waals surface area contributed by atoms with Gasteiger partial charge in [0.25, 0.3) is 5.89 Å². The summed E-state index contributed by atoms with van der Waals surface area (Å²) in [5, 5.41) is 3.98. The first-order chi connectivity index (χ1) is 9.78. The van der Waals surface area contributed by atoms with Gasteiger partial charge in [-0.2, -0.15) is 4.98 Å². The quantitative estimate of drug-likeness (QED) is 0.738. The Morgan fingerprint density at radius 3 is 2.75 bits per heavy atom. The van der Waals surface area contributed by atoms with Gasteiger partial charge >= 0.3 is 0 Å². The lowest BCUT2D eigenvalue weighted by Gasteiger charge is -2.02. The van der Waals surface area contributed by atoms with Crippen molar-refractivity contribution >= 4 is 5.69 Å². The third-order valence-corrected chi connectivity index (χ3v) is 2.91. The number of nitrogens with zero attached hydrogens (tertiary/aromatic N) is 2. The lowest BCUT2D eigenvalue weighted by molar-refractivity contribution is 0.405. The van der Waals surface area contributed by atoms with Crippen LogP contribution in [0.3, 0.4) is 0 Å². The van der Waals surface area contributed by atoms with Crippen molar-refractivity contribution in [2.75, 3.05) is 12.8 Å². The minimum Gasteiger partial charge on any atom is -0.496 e. The van der Waals surface area contributed by atoms with Gasteiger partial charge in [-0.25, -0.2) is 0 Å². The molecule has 1 aromatic heterocycles. The van der Waals surface area contributed by atoms with Crippen molar-refractivity contribution in [1.82, 2.24) is 10.1 Å². The van der Waals surface area contributed by atoms with Crippen molar-refractivity contribution in [2.24, 2.45) is 0 Å². The zero-order chi connectivity index (χ0) is 13.9. The first kappa shape index (κ1) is 12.2. The summed E-state index contributed by atoms with van der Waals surface area (Å²) in [5.41, 5.74) is 7.99. The van der Waals surface area contributed by atoms with Crippen molar-refractivity contribution in [3.8, 4) is 28.6 Å². The number of anilines is 1. The summed E-state index contributed by atoms with van der Waals surface area (Å²) in [5.74, 6) is 1.60. The Morgan fingerprint density at radius 2 is 1.95 bits per heavy atom. The van der Waals surface area contributed by atoms with E-state index >= 15 is 0 Å². The van der Waals surface area contributed by atoms with Gasteiger partial charge in [-0.05, 0) is 24.3 Å². The molecule has 2 aromatic carbocycles. The van der Waals surface area contributed by atoms with Crippen molar-refractivity contribution in [2.45, 2.75) is 0 Å². The summed E-state index contributed by atoms with van der Waals surface area (Å²) < 4.78 is 10.6.